The highest BCUT2D eigenvalue weighted by Gasteiger charge is 2.55. The summed E-state index contributed by atoms with van der Waals surface area (Å²) in [6, 6.07) is 14.5. The smallest absolute Gasteiger partial charge is 0.321 e. The predicted molar refractivity (Wildman–Crippen MR) is 147 cm³/mol. The average Bonchev–Trinajstić information content (AvgIpc) is 3.15. The summed E-state index contributed by atoms with van der Waals surface area (Å²) in [5.41, 5.74) is 1.91. The number of rotatable bonds is 9. The highest BCUT2D eigenvalue weighted by molar-refractivity contribution is 5.86. The van der Waals surface area contributed by atoms with Gasteiger partial charge in [-0.05, 0) is 70.2 Å². The molecule has 2 aromatic rings. The van der Waals surface area contributed by atoms with Gasteiger partial charge in [0, 0.05) is 36.9 Å². The van der Waals surface area contributed by atoms with Gasteiger partial charge in [0.2, 0.25) is 11.8 Å². The van der Waals surface area contributed by atoms with Gasteiger partial charge < -0.3 is 19.9 Å². The van der Waals surface area contributed by atoms with Crippen LogP contribution in [0.15, 0.2) is 48.7 Å². The minimum Gasteiger partial charge on any atom is -0.481 e. The Morgan fingerprint density at radius 1 is 1.11 bits per heavy atom. The summed E-state index contributed by atoms with van der Waals surface area (Å²) in [5, 5.41) is 2.96. The molecule has 38 heavy (non-hydrogen) atoms. The second-order valence-corrected chi connectivity index (χ2v) is 11.5. The van der Waals surface area contributed by atoms with E-state index >= 15 is 0 Å². The van der Waals surface area contributed by atoms with Crippen LogP contribution in [0.5, 0.6) is 5.88 Å². The minimum atomic E-state index is -0.214. The molecule has 8 nitrogen and oxygen atoms in total. The summed E-state index contributed by atoms with van der Waals surface area (Å²) >= 11 is 0. The first-order valence-corrected chi connectivity index (χ1v) is 13.9. The third kappa shape index (κ3) is 4.98. The van der Waals surface area contributed by atoms with Gasteiger partial charge in [-0.3, -0.25) is 9.69 Å². The average molecular weight is 520 g/mol. The fourth-order valence-electron chi connectivity index (χ4n) is 6.68. The van der Waals surface area contributed by atoms with E-state index in [0.29, 0.717) is 24.9 Å². The van der Waals surface area contributed by atoms with Crippen molar-refractivity contribution in [3.05, 3.63) is 59.8 Å². The van der Waals surface area contributed by atoms with Crippen LogP contribution in [0.4, 0.5) is 4.79 Å². The van der Waals surface area contributed by atoms with Crippen LogP contribution in [0, 0.1) is 5.92 Å². The first-order valence-electron chi connectivity index (χ1n) is 13.9. The number of hydrogen-bond donors (Lipinski definition) is 1. The Balaban J connectivity index is 1.30. The molecule has 5 rings (SSSR count). The molecule has 3 aliphatic rings. The van der Waals surface area contributed by atoms with Gasteiger partial charge in [-0.2, -0.15) is 0 Å². The summed E-state index contributed by atoms with van der Waals surface area (Å²) in [6.07, 6.45) is 9.14. The maximum absolute atomic E-state index is 13.8. The number of pyridine rings is 1. The molecule has 1 saturated heterocycles. The molecule has 204 valence electrons. The number of amides is 3. The molecule has 0 atom stereocenters. The Morgan fingerprint density at radius 2 is 1.84 bits per heavy atom. The lowest BCUT2D eigenvalue weighted by molar-refractivity contribution is -0.121. The molecule has 2 aliphatic carbocycles. The van der Waals surface area contributed by atoms with Crippen molar-refractivity contribution in [2.24, 2.45) is 5.92 Å². The zero-order valence-corrected chi connectivity index (χ0v) is 23.0. The number of nitrogens with zero attached hydrogens (tertiary/aromatic N) is 4. The Hall–Kier alpha value is -3.13. The van der Waals surface area contributed by atoms with Gasteiger partial charge in [0.25, 0.3) is 0 Å². The van der Waals surface area contributed by atoms with Crippen LogP contribution in [-0.2, 0) is 16.9 Å². The summed E-state index contributed by atoms with van der Waals surface area (Å²) < 4.78 is 5.30. The van der Waals surface area contributed by atoms with Crippen molar-refractivity contribution in [2.45, 2.75) is 62.6 Å². The largest absolute Gasteiger partial charge is 0.481 e. The molecule has 1 aromatic carbocycles. The lowest BCUT2D eigenvalue weighted by Crippen LogP contribution is -2.56. The molecule has 1 spiro atoms. The quantitative estimate of drug-likeness (QED) is 0.542. The topological polar surface area (TPSA) is 78.0 Å². The van der Waals surface area contributed by atoms with E-state index in [1.165, 1.54) is 24.8 Å². The van der Waals surface area contributed by atoms with Gasteiger partial charge in [-0.1, -0.05) is 42.8 Å². The van der Waals surface area contributed by atoms with Crippen LogP contribution >= 0.6 is 0 Å². The number of nitrogens with one attached hydrogen (secondary N) is 1. The van der Waals surface area contributed by atoms with Crippen molar-refractivity contribution in [2.75, 3.05) is 40.8 Å². The summed E-state index contributed by atoms with van der Waals surface area (Å²) in [7, 11) is 5.91. The number of methoxy groups -OCH3 is 1. The van der Waals surface area contributed by atoms with E-state index in [0.717, 1.165) is 37.8 Å². The van der Waals surface area contributed by atoms with Crippen molar-refractivity contribution in [1.29, 1.82) is 0 Å². The molecule has 2 heterocycles. The first-order chi connectivity index (χ1) is 18.4. The van der Waals surface area contributed by atoms with Crippen LogP contribution in [-0.4, -0.2) is 78.0 Å². The molecule has 1 aliphatic heterocycles. The van der Waals surface area contributed by atoms with Crippen LogP contribution in [0.3, 0.4) is 0 Å². The molecule has 0 bridgehead atoms. The SMILES string of the molecule is COc1ncccc1CNC(=O)CN1C[C@]2(CC[C@@](c3ccccc3)(N(C)C)CC2)N(CC2CCC2)C1=O. The van der Waals surface area contributed by atoms with E-state index in [9.17, 15) is 9.59 Å². The molecule has 3 amide bonds. The van der Waals surface area contributed by atoms with Crippen LogP contribution in [0.1, 0.15) is 56.1 Å². The second kappa shape index (κ2) is 10.9. The molecular weight excluding hydrogens is 478 g/mol. The number of ether oxygens (including phenoxy) is 1. The summed E-state index contributed by atoms with van der Waals surface area (Å²) in [5.74, 6) is 0.922. The Morgan fingerprint density at radius 3 is 2.47 bits per heavy atom. The predicted octanol–water partition coefficient (Wildman–Crippen LogP) is 4.01. The van der Waals surface area contributed by atoms with Gasteiger partial charge in [0.1, 0.15) is 6.54 Å². The molecule has 0 radical (unpaired) electrons. The molecule has 3 fully saturated rings. The monoisotopic (exact) mass is 519 g/mol. The number of carbonyl (C=O) groups is 2. The highest BCUT2D eigenvalue weighted by Crippen LogP contribution is 2.49. The maximum Gasteiger partial charge on any atom is 0.321 e. The molecular formula is C30H41N5O3. The number of carbonyl (C=O) groups excluding carboxylic acids is 2. The molecule has 0 unspecified atom stereocenters. The normalized spacial score (nSPS) is 25.6. The Labute approximate surface area is 226 Å². The minimum absolute atomic E-state index is 0.0167. The van der Waals surface area contributed by atoms with E-state index in [2.05, 4.69) is 64.5 Å². The lowest BCUT2D eigenvalue weighted by Gasteiger charge is -2.51. The van der Waals surface area contributed by atoms with Crippen molar-refractivity contribution in [1.82, 2.24) is 25.0 Å². The summed E-state index contributed by atoms with van der Waals surface area (Å²) in [4.78, 5) is 37.2. The van der Waals surface area contributed by atoms with Crippen LogP contribution < -0.4 is 10.1 Å². The van der Waals surface area contributed by atoms with Gasteiger partial charge in [-0.25, -0.2) is 9.78 Å². The van der Waals surface area contributed by atoms with Gasteiger partial charge in [0.05, 0.1) is 12.6 Å². The Bertz CT molecular complexity index is 1130. The van der Waals surface area contributed by atoms with Gasteiger partial charge in [-0.15, -0.1) is 0 Å². The number of aromatic nitrogens is 1. The zero-order valence-electron chi connectivity index (χ0n) is 23.0. The number of hydrogen-bond acceptors (Lipinski definition) is 5. The van der Waals surface area contributed by atoms with E-state index in [1.54, 1.807) is 18.2 Å². The number of urea groups is 1. The maximum atomic E-state index is 13.8. The lowest BCUT2D eigenvalue weighted by atomic mass is 9.68. The fourth-order valence-corrected chi connectivity index (χ4v) is 6.68. The summed E-state index contributed by atoms with van der Waals surface area (Å²) in [6.45, 7) is 1.81. The molecule has 2 saturated carbocycles. The molecule has 8 heteroatoms. The van der Waals surface area contributed by atoms with E-state index in [1.807, 2.05) is 12.1 Å². The van der Waals surface area contributed by atoms with Gasteiger partial charge in [0.15, 0.2) is 0 Å². The van der Waals surface area contributed by atoms with Crippen molar-refractivity contribution in [3.8, 4) is 5.88 Å². The molecule has 1 N–H and O–H groups in total. The third-order valence-electron chi connectivity index (χ3n) is 9.25. The first kappa shape index (κ1) is 26.5. The van der Waals surface area contributed by atoms with E-state index in [-0.39, 0.29) is 29.6 Å². The fraction of sp³-hybridized carbons (Fsp3) is 0.567. The van der Waals surface area contributed by atoms with Crippen LogP contribution in [0.25, 0.3) is 0 Å². The number of benzene rings is 1. The van der Waals surface area contributed by atoms with E-state index < -0.39 is 0 Å². The van der Waals surface area contributed by atoms with Gasteiger partial charge >= 0.3 is 6.03 Å². The standard InChI is InChI=1S/C30H41N5O3/c1-33(2)30(25-12-5-4-6-13-25)16-14-29(15-17-30)22-34(28(37)35(29)20-23-9-7-10-23)21-26(36)32-19-24-11-8-18-31-27(24)38-3/h4-6,8,11-13,18,23H,7,9-10,14-17,19-22H2,1-3H3,(H,32,36)/t29-,30-. The van der Waals surface area contributed by atoms with Crippen molar-refractivity contribution in [3.63, 3.8) is 0 Å². The highest BCUT2D eigenvalue weighted by atomic mass is 16.5. The molecule has 1 aromatic heterocycles. The van der Waals surface area contributed by atoms with E-state index in [4.69, 9.17) is 4.74 Å². The second-order valence-electron chi connectivity index (χ2n) is 11.5. The van der Waals surface area contributed by atoms with Crippen molar-refractivity contribution < 1.29 is 14.3 Å². The third-order valence-corrected chi connectivity index (χ3v) is 9.25. The van der Waals surface area contributed by atoms with Crippen LogP contribution in [0.2, 0.25) is 0 Å². The Kier molecular flexibility index (Phi) is 7.61. The van der Waals surface area contributed by atoms with Crippen molar-refractivity contribution >= 4 is 11.9 Å². The zero-order chi connectivity index (χ0) is 26.8.